The van der Waals surface area contributed by atoms with E-state index in [4.69, 9.17) is 0 Å². The van der Waals surface area contributed by atoms with Crippen LogP contribution in [0.15, 0.2) is 42.5 Å². The number of benzene rings is 2. The standard InChI is InChI=1S/C16H15F3N2O2.ClH/c1-20(2)10-12-5-3-4-6-13(12)11-7-8-15(21(22)23)14(9-11)16(17,18)19;/h3-9H,10H2,1-2H3;1H. The second kappa shape index (κ2) is 7.63. The van der Waals surface area contributed by atoms with E-state index in [1.807, 2.05) is 25.1 Å². The third-order valence-corrected chi connectivity index (χ3v) is 3.31. The minimum Gasteiger partial charge on any atom is -0.305 e. The Morgan fingerprint density at radius 1 is 1.12 bits per heavy atom. The summed E-state index contributed by atoms with van der Waals surface area (Å²) in [4.78, 5) is 11.7. The monoisotopic (exact) mass is 360 g/mol. The second-order valence-corrected chi connectivity index (χ2v) is 5.38. The van der Waals surface area contributed by atoms with E-state index in [0.717, 1.165) is 17.7 Å². The number of nitro benzene ring substituents is 1. The van der Waals surface area contributed by atoms with Crippen LogP contribution in [0.3, 0.4) is 0 Å². The molecule has 2 aromatic rings. The van der Waals surface area contributed by atoms with E-state index in [2.05, 4.69) is 0 Å². The number of hydrogen-bond donors (Lipinski definition) is 0. The summed E-state index contributed by atoms with van der Waals surface area (Å²) in [5.74, 6) is 0. The van der Waals surface area contributed by atoms with Gasteiger partial charge in [-0.2, -0.15) is 13.2 Å². The molecule has 2 aromatic carbocycles. The number of rotatable bonds is 4. The van der Waals surface area contributed by atoms with Crippen molar-refractivity contribution in [3.8, 4) is 11.1 Å². The van der Waals surface area contributed by atoms with Crippen LogP contribution in [0.25, 0.3) is 11.1 Å². The average molecular weight is 361 g/mol. The van der Waals surface area contributed by atoms with Crippen LogP contribution in [-0.4, -0.2) is 23.9 Å². The molecule has 0 heterocycles. The van der Waals surface area contributed by atoms with Crippen LogP contribution in [0.2, 0.25) is 0 Å². The highest BCUT2D eigenvalue weighted by atomic mass is 35.5. The minimum absolute atomic E-state index is 0. The largest absolute Gasteiger partial charge is 0.423 e. The van der Waals surface area contributed by atoms with Crippen molar-refractivity contribution in [1.82, 2.24) is 4.90 Å². The van der Waals surface area contributed by atoms with Crippen LogP contribution < -0.4 is 0 Å². The molecular formula is C16H16ClF3N2O2. The molecule has 0 unspecified atom stereocenters. The molecule has 2 rings (SSSR count). The molecular weight excluding hydrogens is 345 g/mol. The smallest absolute Gasteiger partial charge is 0.305 e. The molecule has 0 amide bonds. The third-order valence-electron chi connectivity index (χ3n) is 3.31. The van der Waals surface area contributed by atoms with Gasteiger partial charge in [-0.15, -0.1) is 12.4 Å². The van der Waals surface area contributed by atoms with Crippen LogP contribution in [0.4, 0.5) is 18.9 Å². The highest BCUT2D eigenvalue weighted by molar-refractivity contribution is 5.85. The summed E-state index contributed by atoms with van der Waals surface area (Å²) in [6, 6.07) is 10.2. The summed E-state index contributed by atoms with van der Waals surface area (Å²) < 4.78 is 39.3. The first-order valence-corrected chi connectivity index (χ1v) is 6.79. The van der Waals surface area contributed by atoms with Crippen molar-refractivity contribution in [3.63, 3.8) is 0 Å². The van der Waals surface area contributed by atoms with E-state index >= 15 is 0 Å². The van der Waals surface area contributed by atoms with Crippen molar-refractivity contribution in [2.75, 3.05) is 14.1 Å². The highest BCUT2D eigenvalue weighted by Crippen LogP contribution is 2.39. The summed E-state index contributed by atoms with van der Waals surface area (Å²) >= 11 is 0. The molecule has 0 spiro atoms. The van der Waals surface area contributed by atoms with Crippen LogP contribution in [-0.2, 0) is 12.7 Å². The minimum atomic E-state index is -4.78. The van der Waals surface area contributed by atoms with Crippen LogP contribution in [0, 0.1) is 10.1 Å². The van der Waals surface area contributed by atoms with Gasteiger partial charge in [0.15, 0.2) is 0 Å². The normalized spacial score (nSPS) is 11.2. The fourth-order valence-electron chi connectivity index (χ4n) is 2.37. The van der Waals surface area contributed by atoms with Crippen molar-refractivity contribution in [3.05, 3.63) is 63.7 Å². The van der Waals surface area contributed by atoms with Gasteiger partial charge in [0.2, 0.25) is 0 Å². The van der Waals surface area contributed by atoms with Crippen LogP contribution in [0.5, 0.6) is 0 Å². The lowest BCUT2D eigenvalue weighted by atomic mass is 9.97. The molecule has 0 aliphatic heterocycles. The van der Waals surface area contributed by atoms with Crippen molar-refractivity contribution in [1.29, 1.82) is 0 Å². The molecule has 0 fully saturated rings. The topological polar surface area (TPSA) is 46.4 Å². The quantitative estimate of drug-likeness (QED) is 0.583. The van der Waals surface area contributed by atoms with E-state index < -0.39 is 22.4 Å². The maximum atomic E-state index is 13.1. The summed E-state index contributed by atoms with van der Waals surface area (Å²) in [6.07, 6.45) is -4.78. The molecule has 130 valence electrons. The molecule has 24 heavy (non-hydrogen) atoms. The molecule has 8 heteroatoms. The van der Waals surface area contributed by atoms with E-state index in [1.165, 1.54) is 6.07 Å². The van der Waals surface area contributed by atoms with E-state index in [1.54, 1.807) is 18.2 Å². The van der Waals surface area contributed by atoms with Crippen molar-refractivity contribution >= 4 is 18.1 Å². The molecule has 0 saturated heterocycles. The Hall–Kier alpha value is -2.12. The lowest BCUT2D eigenvalue weighted by Crippen LogP contribution is -2.12. The van der Waals surface area contributed by atoms with Crippen molar-refractivity contribution in [2.45, 2.75) is 12.7 Å². The number of halogens is 4. The first kappa shape index (κ1) is 19.9. The van der Waals surface area contributed by atoms with Gasteiger partial charge in [0, 0.05) is 12.6 Å². The Bertz CT molecular complexity index is 734. The maximum absolute atomic E-state index is 13.1. The summed E-state index contributed by atoms with van der Waals surface area (Å²) in [5.41, 5.74) is -0.396. The fourth-order valence-corrected chi connectivity index (χ4v) is 2.37. The van der Waals surface area contributed by atoms with Gasteiger partial charge >= 0.3 is 6.18 Å². The van der Waals surface area contributed by atoms with Gasteiger partial charge in [-0.1, -0.05) is 24.3 Å². The molecule has 0 saturated carbocycles. The molecule has 4 nitrogen and oxygen atoms in total. The molecule has 0 aliphatic rings. The summed E-state index contributed by atoms with van der Waals surface area (Å²) in [7, 11) is 3.71. The van der Waals surface area contributed by atoms with Gasteiger partial charge in [0.05, 0.1) is 4.92 Å². The molecule has 0 radical (unpaired) electrons. The zero-order chi connectivity index (χ0) is 17.2. The SMILES string of the molecule is CN(C)Cc1ccccc1-c1ccc([N+](=O)[O-])c(C(F)(F)F)c1.Cl. The maximum Gasteiger partial charge on any atom is 0.423 e. The Balaban J connectivity index is 0.00000288. The van der Waals surface area contributed by atoms with Crippen molar-refractivity contribution in [2.24, 2.45) is 0 Å². The van der Waals surface area contributed by atoms with Gasteiger partial charge < -0.3 is 4.90 Å². The van der Waals surface area contributed by atoms with Gasteiger partial charge in [-0.05, 0) is 42.9 Å². The van der Waals surface area contributed by atoms with Gasteiger partial charge in [0.1, 0.15) is 5.56 Å². The number of alkyl halides is 3. The summed E-state index contributed by atoms with van der Waals surface area (Å²) in [5, 5.41) is 10.8. The van der Waals surface area contributed by atoms with Gasteiger partial charge in [-0.3, -0.25) is 10.1 Å². The first-order valence-electron chi connectivity index (χ1n) is 6.79. The Morgan fingerprint density at radius 2 is 1.75 bits per heavy atom. The lowest BCUT2D eigenvalue weighted by Gasteiger charge is -2.15. The number of nitro groups is 1. The lowest BCUT2D eigenvalue weighted by molar-refractivity contribution is -0.388. The Morgan fingerprint density at radius 3 is 2.29 bits per heavy atom. The predicted octanol–water partition coefficient (Wildman–Crippen LogP) is 4.76. The molecule has 0 aliphatic carbocycles. The van der Waals surface area contributed by atoms with E-state index in [9.17, 15) is 23.3 Å². The highest BCUT2D eigenvalue weighted by Gasteiger charge is 2.38. The predicted molar refractivity (Wildman–Crippen MR) is 88.2 cm³/mol. The Kier molecular flexibility index (Phi) is 6.34. The average Bonchev–Trinajstić information content (AvgIpc) is 2.45. The van der Waals surface area contributed by atoms with Gasteiger partial charge in [0.25, 0.3) is 5.69 Å². The number of nitrogens with zero attached hydrogens (tertiary/aromatic N) is 2. The Labute approximate surface area is 143 Å². The van der Waals surface area contributed by atoms with E-state index in [-0.39, 0.29) is 12.4 Å². The van der Waals surface area contributed by atoms with Crippen LogP contribution >= 0.6 is 12.4 Å². The number of hydrogen-bond acceptors (Lipinski definition) is 3. The zero-order valence-electron chi connectivity index (χ0n) is 13.0. The van der Waals surface area contributed by atoms with Gasteiger partial charge in [-0.25, -0.2) is 0 Å². The van der Waals surface area contributed by atoms with E-state index in [0.29, 0.717) is 17.7 Å². The summed E-state index contributed by atoms with van der Waals surface area (Å²) in [6.45, 7) is 0.550. The molecule has 0 bridgehead atoms. The van der Waals surface area contributed by atoms with Crippen molar-refractivity contribution < 1.29 is 18.1 Å². The zero-order valence-corrected chi connectivity index (χ0v) is 13.8. The van der Waals surface area contributed by atoms with Crippen LogP contribution in [0.1, 0.15) is 11.1 Å². The molecule has 0 atom stereocenters. The second-order valence-electron chi connectivity index (χ2n) is 5.38. The fraction of sp³-hybridized carbons (Fsp3) is 0.250. The molecule has 0 N–H and O–H groups in total. The third kappa shape index (κ3) is 4.46. The first-order chi connectivity index (χ1) is 10.7. The molecule has 0 aromatic heterocycles.